The Hall–Kier alpha value is -3.04. The van der Waals surface area contributed by atoms with Crippen LogP contribution in [0.4, 0.5) is 15.9 Å². The van der Waals surface area contributed by atoms with E-state index in [-0.39, 0.29) is 30.4 Å². The summed E-state index contributed by atoms with van der Waals surface area (Å²) in [4.78, 5) is 43.3. The molecule has 2 aromatic rings. The molecule has 5 rings (SSSR count). The Morgan fingerprint density at radius 3 is 2.74 bits per heavy atom. The summed E-state index contributed by atoms with van der Waals surface area (Å²) in [6, 6.07) is 5.55. The molecule has 3 N–H and O–H groups in total. The molecule has 0 unspecified atom stereocenters. The predicted octanol–water partition coefficient (Wildman–Crippen LogP) is 1.64. The van der Waals surface area contributed by atoms with Gasteiger partial charge >= 0.3 is 0 Å². The van der Waals surface area contributed by atoms with E-state index in [0.29, 0.717) is 17.1 Å². The molecule has 10 heteroatoms. The van der Waals surface area contributed by atoms with Crippen LogP contribution in [0.5, 0.6) is 0 Å². The molecule has 3 heterocycles. The Kier molecular flexibility index (Phi) is 4.32. The zero-order valence-corrected chi connectivity index (χ0v) is 17.0. The lowest BCUT2D eigenvalue weighted by Gasteiger charge is -2.22. The number of halogens is 2. The summed E-state index contributed by atoms with van der Waals surface area (Å²) in [5.41, 5.74) is -1.25. The largest absolute Gasteiger partial charge is 0.372 e. The zero-order chi connectivity index (χ0) is 22.0. The van der Waals surface area contributed by atoms with Crippen LogP contribution in [0, 0.1) is 5.82 Å². The third kappa shape index (κ3) is 3.07. The van der Waals surface area contributed by atoms with E-state index in [1.54, 1.807) is 6.07 Å². The van der Waals surface area contributed by atoms with Crippen LogP contribution in [0.3, 0.4) is 0 Å². The Labute approximate surface area is 181 Å². The molecule has 2 aliphatic heterocycles. The van der Waals surface area contributed by atoms with E-state index < -0.39 is 28.6 Å². The van der Waals surface area contributed by atoms with Crippen LogP contribution in [-0.4, -0.2) is 40.0 Å². The summed E-state index contributed by atoms with van der Waals surface area (Å²) in [5.74, 6) is -1.80. The fraction of sp³-hybridized carbons (Fsp3) is 0.333. The first kappa shape index (κ1) is 19.9. The first-order chi connectivity index (χ1) is 14.7. The number of nitrogens with one attached hydrogen (secondary N) is 2. The van der Waals surface area contributed by atoms with Gasteiger partial charge in [0.05, 0.1) is 17.3 Å². The van der Waals surface area contributed by atoms with E-state index in [2.05, 4.69) is 15.6 Å². The number of aromatic nitrogens is 1. The van der Waals surface area contributed by atoms with Gasteiger partial charge in [-0.05, 0) is 42.7 Å². The van der Waals surface area contributed by atoms with E-state index in [4.69, 9.17) is 11.6 Å². The molecule has 160 valence electrons. The van der Waals surface area contributed by atoms with Gasteiger partial charge in [0.1, 0.15) is 11.6 Å². The third-order valence-electron chi connectivity index (χ3n) is 6.16. The van der Waals surface area contributed by atoms with Crippen molar-refractivity contribution in [3.8, 4) is 0 Å². The average Bonchev–Trinajstić information content (AvgIpc) is 3.41. The van der Waals surface area contributed by atoms with Gasteiger partial charge in [0, 0.05) is 30.1 Å². The van der Waals surface area contributed by atoms with Crippen LogP contribution < -0.4 is 15.5 Å². The summed E-state index contributed by atoms with van der Waals surface area (Å²) in [6.45, 7) is 0.0198. The molecule has 1 aliphatic carbocycles. The molecule has 1 aromatic carbocycles. The number of carbonyl (C=O) groups is 3. The minimum Gasteiger partial charge on any atom is -0.372 e. The minimum absolute atomic E-state index is 0.0896. The van der Waals surface area contributed by atoms with Crippen LogP contribution in [0.2, 0.25) is 5.02 Å². The molecule has 1 saturated heterocycles. The summed E-state index contributed by atoms with van der Waals surface area (Å²) >= 11 is 5.81. The van der Waals surface area contributed by atoms with E-state index in [0.717, 1.165) is 24.5 Å². The molecule has 2 fully saturated rings. The average molecular weight is 445 g/mol. The number of rotatable bonds is 4. The van der Waals surface area contributed by atoms with Gasteiger partial charge in [-0.25, -0.2) is 9.37 Å². The maximum atomic E-state index is 13.5. The summed E-state index contributed by atoms with van der Waals surface area (Å²) in [7, 11) is 0. The van der Waals surface area contributed by atoms with E-state index in [1.807, 2.05) is 0 Å². The Morgan fingerprint density at radius 2 is 2.03 bits per heavy atom. The standard InChI is InChI=1S/C21H18ClFN4O4/c22-12-5-11(6-13(23)7-12)9-25-18(29)21(31)3-4-27(19(21)30)14-8-15-16(24-10-14)26-17(28)20(15)1-2-20/h5-8,10,31H,1-4,9H2,(H,25,29)(H,24,26,28)/t21-/m0/s1. The number of fused-ring (bicyclic) bond motifs is 2. The normalized spacial score (nSPS) is 23.1. The molecule has 3 amide bonds. The Balaban J connectivity index is 1.33. The number of nitrogens with zero attached hydrogens (tertiary/aromatic N) is 2. The number of amides is 3. The van der Waals surface area contributed by atoms with Crippen molar-refractivity contribution in [3.05, 3.63) is 52.4 Å². The van der Waals surface area contributed by atoms with Gasteiger partial charge in [-0.1, -0.05) is 11.6 Å². The highest BCUT2D eigenvalue weighted by Gasteiger charge is 2.57. The number of anilines is 2. The topological polar surface area (TPSA) is 112 Å². The number of pyridine rings is 1. The molecular formula is C21H18ClFN4O4. The van der Waals surface area contributed by atoms with Crippen LogP contribution in [0.15, 0.2) is 30.5 Å². The van der Waals surface area contributed by atoms with Gasteiger partial charge in [-0.3, -0.25) is 14.4 Å². The summed E-state index contributed by atoms with van der Waals surface area (Å²) in [6.07, 6.45) is 2.78. The molecule has 8 nitrogen and oxygen atoms in total. The van der Waals surface area contributed by atoms with Crippen molar-refractivity contribution in [2.45, 2.75) is 36.8 Å². The molecule has 31 heavy (non-hydrogen) atoms. The molecule has 3 aliphatic rings. The van der Waals surface area contributed by atoms with Gasteiger partial charge in [0.2, 0.25) is 11.5 Å². The molecule has 1 aromatic heterocycles. The van der Waals surface area contributed by atoms with Gasteiger partial charge < -0.3 is 20.6 Å². The van der Waals surface area contributed by atoms with Gasteiger partial charge in [-0.15, -0.1) is 0 Å². The number of hydrogen-bond donors (Lipinski definition) is 3. The van der Waals surface area contributed by atoms with Crippen molar-refractivity contribution in [2.75, 3.05) is 16.8 Å². The first-order valence-electron chi connectivity index (χ1n) is 9.83. The smallest absolute Gasteiger partial charge is 0.268 e. The van der Waals surface area contributed by atoms with E-state index in [9.17, 15) is 23.9 Å². The molecule has 1 saturated carbocycles. The van der Waals surface area contributed by atoms with Crippen molar-refractivity contribution in [3.63, 3.8) is 0 Å². The van der Waals surface area contributed by atoms with Gasteiger partial charge in [-0.2, -0.15) is 0 Å². The lowest BCUT2D eigenvalue weighted by atomic mass is 9.99. The predicted molar refractivity (Wildman–Crippen MR) is 109 cm³/mol. The summed E-state index contributed by atoms with van der Waals surface area (Å²) in [5, 5.41) is 16.2. The van der Waals surface area contributed by atoms with Gasteiger partial charge in [0.25, 0.3) is 11.8 Å². The lowest BCUT2D eigenvalue weighted by molar-refractivity contribution is -0.149. The summed E-state index contributed by atoms with van der Waals surface area (Å²) < 4.78 is 13.5. The third-order valence-corrected chi connectivity index (χ3v) is 6.38. The van der Waals surface area contributed by atoms with Crippen LogP contribution in [-0.2, 0) is 26.3 Å². The van der Waals surface area contributed by atoms with Crippen molar-refractivity contribution in [2.24, 2.45) is 0 Å². The Morgan fingerprint density at radius 1 is 1.26 bits per heavy atom. The SMILES string of the molecule is O=C1Nc2ncc(N3CC[C@](O)(C(=O)NCc4cc(F)cc(Cl)c4)C3=O)cc2C12CC2. The minimum atomic E-state index is -2.25. The molecular weight excluding hydrogens is 427 g/mol. The highest BCUT2D eigenvalue weighted by molar-refractivity contribution is 6.30. The maximum Gasteiger partial charge on any atom is 0.268 e. The highest BCUT2D eigenvalue weighted by Crippen LogP contribution is 2.55. The van der Waals surface area contributed by atoms with Crippen molar-refractivity contribution in [1.29, 1.82) is 0 Å². The molecule has 0 radical (unpaired) electrons. The second-order valence-corrected chi connectivity index (χ2v) is 8.59. The Bertz CT molecular complexity index is 1130. The molecule has 1 atom stereocenters. The number of carbonyl (C=O) groups excluding carboxylic acids is 3. The van der Waals surface area contributed by atoms with E-state index in [1.165, 1.54) is 23.2 Å². The highest BCUT2D eigenvalue weighted by atomic mass is 35.5. The molecule has 0 bridgehead atoms. The van der Waals surface area contributed by atoms with Gasteiger partial charge in [0.15, 0.2) is 0 Å². The van der Waals surface area contributed by atoms with Crippen LogP contribution in [0.1, 0.15) is 30.4 Å². The van der Waals surface area contributed by atoms with Crippen LogP contribution >= 0.6 is 11.6 Å². The second-order valence-electron chi connectivity index (χ2n) is 8.15. The van der Waals surface area contributed by atoms with Crippen molar-refractivity contribution >= 4 is 40.8 Å². The van der Waals surface area contributed by atoms with Crippen LogP contribution in [0.25, 0.3) is 0 Å². The number of benzene rings is 1. The fourth-order valence-corrected chi connectivity index (χ4v) is 4.48. The quantitative estimate of drug-likeness (QED) is 0.621. The maximum absolute atomic E-state index is 13.5. The van der Waals surface area contributed by atoms with Crippen molar-refractivity contribution in [1.82, 2.24) is 10.3 Å². The second kappa shape index (κ2) is 6.73. The number of hydrogen-bond acceptors (Lipinski definition) is 5. The zero-order valence-electron chi connectivity index (χ0n) is 16.2. The fourth-order valence-electron chi connectivity index (χ4n) is 4.24. The lowest BCUT2D eigenvalue weighted by Crippen LogP contribution is -2.52. The first-order valence-corrected chi connectivity index (χ1v) is 10.2. The van der Waals surface area contributed by atoms with Crippen molar-refractivity contribution < 1.29 is 23.9 Å². The monoisotopic (exact) mass is 444 g/mol. The number of aliphatic hydroxyl groups is 1. The van der Waals surface area contributed by atoms with E-state index >= 15 is 0 Å². The molecule has 1 spiro atoms.